The fraction of sp³-hybridized carbons (Fsp3) is 0.172. The third kappa shape index (κ3) is 14.7. The maximum atomic E-state index is 10.8. The van der Waals surface area contributed by atoms with Crippen molar-refractivity contribution in [3.63, 3.8) is 0 Å². The number of anilines is 4. The van der Waals surface area contributed by atoms with E-state index in [2.05, 4.69) is 0 Å². The summed E-state index contributed by atoms with van der Waals surface area (Å²) in [6, 6.07) is 12.9. The molecule has 0 aliphatic heterocycles. The standard InChI is InChI=1S/C8H11NO4S.2C7H8ClNO3S.C7H9NO4S/c1-2-13-6-3-4-8(7(9)5-6)14(10,11)12;1-4-2-7(13(10,11)12)6(9)3-5(4)8;1-4-2-6(9)7(3-5(4)8)13(10,11)12;1-12-5-2-3-7(6(8)4-5)13(9,10)11/h3-5H,2,9H2,1H3,(H,10,11,12);2*2-3H,9H2,1H3,(H,10,11,12);2-4H,8H2,1H3,(H,9,10,11). The second-order valence-electron chi connectivity index (χ2n) is 10.2. The van der Waals surface area contributed by atoms with E-state index in [4.69, 9.17) is 73.8 Å². The Kier molecular flexibility index (Phi) is 16.6. The SMILES string of the molecule is CCOc1ccc(S(=O)(=O)O)c(N)c1.COc1ccc(S(=O)(=O)O)c(N)c1.Cc1cc(N)c(S(=O)(=O)O)cc1Cl.Cc1cc(S(=O)(=O)O)c(N)cc1Cl. The third-order valence-corrected chi connectivity index (χ3v) is 10.7. The summed E-state index contributed by atoms with van der Waals surface area (Å²) in [7, 11) is -15.6. The maximum Gasteiger partial charge on any atom is 0.296 e. The topological polar surface area (TPSA) is 340 Å². The number of nitrogen functional groups attached to an aromatic ring is 4. The van der Waals surface area contributed by atoms with Crippen molar-refractivity contribution in [3.8, 4) is 11.5 Å². The quantitative estimate of drug-likeness (QED) is 0.0943. The Balaban J connectivity index is 0.000000354. The van der Waals surface area contributed by atoms with E-state index >= 15 is 0 Å². The first kappa shape index (κ1) is 46.9. The number of nitrogens with two attached hydrogens (primary N) is 4. The fourth-order valence-electron chi connectivity index (χ4n) is 3.71. The molecule has 294 valence electrons. The third-order valence-electron chi connectivity index (χ3n) is 6.20. The summed E-state index contributed by atoms with van der Waals surface area (Å²) >= 11 is 11.3. The molecule has 0 bridgehead atoms. The van der Waals surface area contributed by atoms with Crippen LogP contribution in [-0.2, 0) is 40.5 Å². The van der Waals surface area contributed by atoms with E-state index in [0.717, 1.165) is 6.07 Å². The predicted molar refractivity (Wildman–Crippen MR) is 200 cm³/mol. The van der Waals surface area contributed by atoms with E-state index < -0.39 is 40.5 Å². The van der Waals surface area contributed by atoms with Gasteiger partial charge in [0, 0.05) is 22.2 Å². The van der Waals surface area contributed by atoms with E-state index in [0.29, 0.717) is 34.3 Å². The largest absolute Gasteiger partial charge is 0.497 e. The van der Waals surface area contributed by atoms with Gasteiger partial charge in [-0.25, -0.2) is 0 Å². The monoisotopic (exact) mass is 862 g/mol. The predicted octanol–water partition coefficient (Wildman–Crippen LogP) is 4.39. The molecule has 0 saturated heterocycles. The first-order valence-electron chi connectivity index (χ1n) is 14.0. The van der Waals surface area contributed by atoms with Gasteiger partial charge in [-0.1, -0.05) is 23.2 Å². The van der Waals surface area contributed by atoms with Gasteiger partial charge in [-0.05, 0) is 80.4 Å². The number of halogens is 2. The van der Waals surface area contributed by atoms with E-state index in [1.165, 1.54) is 61.7 Å². The molecule has 12 N–H and O–H groups in total. The molecular formula is C29H36Cl2N4O14S4. The molecule has 24 heteroatoms. The molecular weight excluding hydrogens is 828 g/mol. The summed E-state index contributed by atoms with van der Waals surface area (Å²) in [6.07, 6.45) is 0. The first-order valence-corrected chi connectivity index (χ1v) is 20.5. The van der Waals surface area contributed by atoms with Crippen LogP contribution in [0.2, 0.25) is 10.0 Å². The summed E-state index contributed by atoms with van der Waals surface area (Å²) < 4.78 is 131. The van der Waals surface area contributed by atoms with Crippen LogP contribution in [0.4, 0.5) is 22.7 Å². The summed E-state index contributed by atoms with van der Waals surface area (Å²) in [6.45, 7) is 5.57. The molecule has 0 aromatic heterocycles. The van der Waals surface area contributed by atoms with Crippen molar-refractivity contribution in [3.05, 3.63) is 81.8 Å². The number of rotatable bonds is 7. The normalized spacial score (nSPS) is 11.4. The highest BCUT2D eigenvalue weighted by molar-refractivity contribution is 7.86. The Morgan fingerprint density at radius 1 is 0.528 bits per heavy atom. The van der Waals surface area contributed by atoms with Crippen molar-refractivity contribution in [1.29, 1.82) is 0 Å². The summed E-state index contributed by atoms with van der Waals surface area (Å²) in [5.41, 5.74) is 22.6. The Bertz CT molecular complexity index is 2310. The van der Waals surface area contributed by atoms with Gasteiger partial charge in [0.25, 0.3) is 40.5 Å². The molecule has 4 aromatic rings. The van der Waals surface area contributed by atoms with E-state index in [1.807, 2.05) is 0 Å². The van der Waals surface area contributed by atoms with Crippen LogP contribution >= 0.6 is 23.2 Å². The lowest BCUT2D eigenvalue weighted by Gasteiger charge is -2.06. The number of ether oxygens (including phenoxy) is 2. The molecule has 0 aliphatic carbocycles. The van der Waals surface area contributed by atoms with Crippen molar-refractivity contribution in [2.45, 2.75) is 40.4 Å². The Labute approximate surface area is 316 Å². The van der Waals surface area contributed by atoms with Crippen LogP contribution in [0.1, 0.15) is 18.1 Å². The van der Waals surface area contributed by atoms with Gasteiger partial charge in [0.1, 0.15) is 31.1 Å². The molecule has 0 saturated carbocycles. The van der Waals surface area contributed by atoms with Crippen LogP contribution in [0.25, 0.3) is 0 Å². The van der Waals surface area contributed by atoms with Crippen molar-refractivity contribution >= 4 is 86.4 Å². The maximum absolute atomic E-state index is 10.8. The summed E-state index contributed by atoms with van der Waals surface area (Å²) in [4.78, 5) is -1.29. The van der Waals surface area contributed by atoms with E-state index in [9.17, 15) is 33.7 Å². The van der Waals surface area contributed by atoms with Crippen LogP contribution in [0, 0.1) is 13.8 Å². The Hall–Kier alpha value is -4.10. The molecule has 0 fully saturated rings. The molecule has 0 radical (unpaired) electrons. The minimum Gasteiger partial charge on any atom is -0.497 e. The zero-order valence-corrected chi connectivity index (χ0v) is 32.8. The molecule has 4 aromatic carbocycles. The van der Waals surface area contributed by atoms with Crippen molar-refractivity contribution in [1.82, 2.24) is 0 Å². The summed E-state index contributed by atoms with van der Waals surface area (Å²) in [5.74, 6) is 0.905. The fourth-order valence-corrected chi connectivity index (χ4v) is 6.61. The molecule has 18 nitrogen and oxygen atoms in total. The van der Waals surface area contributed by atoms with Gasteiger partial charge < -0.3 is 32.4 Å². The highest BCUT2D eigenvalue weighted by atomic mass is 35.5. The van der Waals surface area contributed by atoms with Crippen molar-refractivity contribution in [2.24, 2.45) is 0 Å². The molecule has 0 unspecified atom stereocenters. The number of benzene rings is 4. The van der Waals surface area contributed by atoms with Gasteiger partial charge in [-0.15, -0.1) is 0 Å². The molecule has 53 heavy (non-hydrogen) atoms. The highest BCUT2D eigenvalue weighted by Crippen LogP contribution is 2.27. The second-order valence-corrected chi connectivity index (χ2v) is 16.6. The van der Waals surface area contributed by atoms with Gasteiger partial charge in [-0.3, -0.25) is 18.2 Å². The molecule has 0 heterocycles. The van der Waals surface area contributed by atoms with Crippen molar-refractivity contribution < 1.29 is 61.4 Å². The van der Waals surface area contributed by atoms with E-state index in [1.54, 1.807) is 20.8 Å². The molecule has 0 amide bonds. The van der Waals surface area contributed by atoms with Gasteiger partial charge in [0.15, 0.2) is 0 Å². The van der Waals surface area contributed by atoms with Crippen molar-refractivity contribution in [2.75, 3.05) is 36.7 Å². The lowest BCUT2D eigenvalue weighted by Crippen LogP contribution is -2.03. The lowest BCUT2D eigenvalue weighted by atomic mass is 10.2. The molecule has 0 aliphatic rings. The lowest BCUT2D eigenvalue weighted by molar-refractivity contribution is 0.340. The first-order chi connectivity index (χ1) is 24.0. The van der Waals surface area contributed by atoms with Gasteiger partial charge in [-0.2, -0.15) is 33.7 Å². The van der Waals surface area contributed by atoms with E-state index in [-0.39, 0.29) is 47.4 Å². The molecule has 4 rings (SSSR count). The van der Waals surface area contributed by atoms with Gasteiger partial charge in [0.2, 0.25) is 0 Å². The van der Waals surface area contributed by atoms with Crippen LogP contribution < -0.4 is 32.4 Å². The summed E-state index contributed by atoms with van der Waals surface area (Å²) in [5, 5.41) is 0.617. The average molecular weight is 864 g/mol. The molecule has 0 atom stereocenters. The zero-order chi connectivity index (χ0) is 41.3. The second kappa shape index (κ2) is 18.8. The van der Waals surface area contributed by atoms with Gasteiger partial charge in [0.05, 0.1) is 36.5 Å². The smallest absolute Gasteiger partial charge is 0.296 e. The van der Waals surface area contributed by atoms with Crippen LogP contribution in [-0.4, -0.2) is 65.6 Å². The number of hydrogen-bond acceptors (Lipinski definition) is 14. The van der Waals surface area contributed by atoms with Gasteiger partial charge >= 0.3 is 0 Å². The Morgan fingerprint density at radius 3 is 1.26 bits per heavy atom. The number of methoxy groups -OCH3 is 1. The Morgan fingerprint density at radius 2 is 0.868 bits per heavy atom. The minimum absolute atomic E-state index is 0.00981. The van der Waals surface area contributed by atoms with Crippen LogP contribution in [0.5, 0.6) is 11.5 Å². The zero-order valence-electron chi connectivity index (χ0n) is 28.1. The number of aryl methyl sites for hydroxylation is 2. The highest BCUT2D eigenvalue weighted by Gasteiger charge is 2.17. The minimum atomic E-state index is -4.28. The molecule has 0 spiro atoms. The van der Waals surface area contributed by atoms with Crippen LogP contribution in [0.15, 0.2) is 80.2 Å². The van der Waals surface area contributed by atoms with Crippen LogP contribution in [0.3, 0.4) is 0 Å². The number of hydrogen-bond donors (Lipinski definition) is 8. The average Bonchev–Trinajstić information content (AvgIpc) is 2.99.